The largest absolute Gasteiger partial charge is 0.326 e. The lowest BCUT2D eigenvalue weighted by atomic mass is 9.98. The Kier molecular flexibility index (Phi) is 6.58. The van der Waals surface area contributed by atoms with Gasteiger partial charge in [-0.2, -0.15) is 4.31 Å². The van der Waals surface area contributed by atoms with E-state index in [0.717, 1.165) is 10.2 Å². The van der Waals surface area contributed by atoms with Gasteiger partial charge in [-0.3, -0.25) is 4.79 Å². The van der Waals surface area contributed by atoms with Crippen LogP contribution in [0.2, 0.25) is 0 Å². The monoisotopic (exact) mass is 464 g/mol. The molecule has 1 N–H and O–H groups in total. The van der Waals surface area contributed by atoms with Gasteiger partial charge in [-0.05, 0) is 60.7 Å². The number of anilines is 1. The molecule has 2 aromatic carbocycles. The molecule has 0 radical (unpaired) electrons. The Morgan fingerprint density at radius 3 is 2.36 bits per heavy atom. The number of hydrogen-bond acceptors (Lipinski definition) is 3. The average Bonchev–Trinajstić information content (AvgIpc) is 2.69. The highest BCUT2D eigenvalue weighted by Gasteiger charge is 2.33. The minimum Gasteiger partial charge on any atom is -0.326 e. The van der Waals surface area contributed by atoms with Gasteiger partial charge in [-0.15, -0.1) is 0 Å². The zero-order valence-corrected chi connectivity index (χ0v) is 18.5. The summed E-state index contributed by atoms with van der Waals surface area (Å²) in [6.45, 7) is 4.88. The number of carbonyl (C=O) groups excluding carboxylic acids is 1. The zero-order chi connectivity index (χ0) is 20.3. The second-order valence-corrected chi connectivity index (χ2v) is 10.3. The third-order valence-corrected chi connectivity index (χ3v) is 7.46. The summed E-state index contributed by atoms with van der Waals surface area (Å²) in [7, 11) is -3.60. The van der Waals surface area contributed by atoms with Crippen molar-refractivity contribution in [1.82, 2.24) is 4.31 Å². The van der Waals surface area contributed by atoms with Crippen molar-refractivity contribution in [2.75, 3.05) is 18.4 Å². The Morgan fingerprint density at radius 2 is 1.75 bits per heavy atom. The summed E-state index contributed by atoms with van der Waals surface area (Å²) in [4.78, 5) is 13.0. The molecule has 28 heavy (non-hydrogen) atoms. The van der Waals surface area contributed by atoms with Crippen LogP contribution in [-0.2, 0) is 14.8 Å². The minimum absolute atomic E-state index is 0.131. The molecule has 7 heteroatoms. The topological polar surface area (TPSA) is 66.5 Å². The van der Waals surface area contributed by atoms with Crippen molar-refractivity contribution in [3.05, 3.63) is 58.6 Å². The van der Waals surface area contributed by atoms with Gasteiger partial charge in [0.15, 0.2) is 0 Å². The number of amides is 1. The SMILES string of the molecule is CC(C)c1ccc(NC(=O)C2CCCN(S(=O)(=O)c3ccc(Br)cc3)C2)cc1. The quantitative estimate of drug-likeness (QED) is 0.701. The van der Waals surface area contributed by atoms with E-state index in [-0.39, 0.29) is 23.3 Å². The van der Waals surface area contributed by atoms with Crippen LogP contribution < -0.4 is 5.32 Å². The van der Waals surface area contributed by atoms with Crippen LogP contribution in [0.4, 0.5) is 5.69 Å². The van der Waals surface area contributed by atoms with E-state index >= 15 is 0 Å². The molecule has 1 saturated heterocycles. The molecule has 0 bridgehead atoms. The molecule has 0 aromatic heterocycles. The summed E-state index contributed by atoms with van der Waals surface area (Å²) in [6.07, 6.45) is 1.35. The third-order valence-electron chi connectivity index (χ3n) is 5.05. The van der Waals surface area contributed by atoms with Crippen molar-refractivity contribution in [3.8, 4) is 0 Å². The maximum Gasteiger partial charge on any atom is 0.243 e. The summed E-state index contributed by atoms with van der Waals surface area (Å²) >= 11 is 3.32. The van der Waals surface area contributed by atoms with Crippen LogP contribution in [0.25, 0.3) is 0 Å². The van der Waals surface area contributed by atoms with Gasteiger partial charge in [0.05, 0.1) is 10.8 Å². The molecule has 1 atom stereocenters. The lowest BCUT2D eigenvalue weighted by Crippen LogP contribution is -2.43. The number of sulfonamides is 1. The lowest BCUT2D eigenvalue weighted by Gasteiger charge is -2.31. The molecular weight excluding hydrogens is 440 g/mol. The fraction of sp³-hybridized carbons (Fsp3) is 0.381. The summed E-state index contributed by atoms with van der Waals surface area (Å²) in [5.74, 6) is -0.0581. The molecular formula is C21H25BrN2O3S. The maximum atomic E-state index is 12.9. The predicted octanol–water partition coefficient (Wildman–Crippen LogP) is 4.61. The molecule has 1 amide bonds. The van der Waals surface area contributed by atoms with E-state index < -0.39 is 10.0 Å². The smallest absolute Gasteiger partial charge is 0.243 e. The fourth-order valence-corrected chi connectivity index (χ4v) is 5.11. The molecule has 2 aromatic rings. The van der Waals surface area contributed by atoms with Crippen LogP contribution in [0.3, 0.4) is 0 Å². The summed E-state index contributed by atoms with van der Waals surface area (Å²) in [6, 6.07) is 14.4. The maximum absolute atomic E-state index is 12.9. The summed E-state index contributed by atoms with van der Waals surface area (Å²) < 4.78 is 28.1. The van der Waals surface area contributed by atoms with Gasteiger partial charge in [0.2, 0.25) is 15.9 Å². The minimum atomic E-state index is -3.60. The van der Waals surface area contributed by atoms with Crippen LogP contribution in [0.5, 0.6) is 0 Å². The second kappa shape index (κ2) is 8.76. The normalized spacial score (nSPS) is 18.2. The number of hydrogen-bond donors (Lipinski definition) is 1. The molecule has 1 aliphatic heterocycles. The van der Waals surface area contributed by atoms with Crippen molar-refractivity contribution in [2.45, 2.75) is 37.5 Å². The Hall–Kier alpha value is -1.70. The molecule has 3 rings (SSSR count). The molecule has 1 aliphatic rings. The van der Waals surface area contributed by atoms with Crippen molar-refractivity contribution >= 4 is 37.5 Å². The number of carbonyl (C=O) groups is 1. The van der Waals surface area contributed by atoms with Crippen LogP contribution in [0, 0.1) is 5.92 Å². The molecule has 0 saturated carbocycles. The Morgan fingerprint density at radius 1 is 1.11 bits per heavy atom. The molecule has 1 unspecified atom stereocenters. The summed E-state index contributed by atoms with van der Waals surface area (Å²) in [5, 5.41) is 2.93. The molecule has 150 valence electrons. The number of nitrogens with one attached hydrogen (secondary N) is 1. The van der Waals surface area contributed by atoms with Crippen molar-refractivity contribution in [2.24, 2.45) is 5.92 Å². The van der Waals surface area contributed by atoms with Crippen molar-refractivity contribution < 1.29 is 13.2 Å². The first kappa shape index (κ1) is 21.0. The van der Waals surface area contributed by atoms with E-state index in [9.17, 15) is 13.2 Å². The summed E-state index contributed by atoms with van der Waals surface area (Å²) in [5.41, 5.74) is 1.95. The van der Waals surface area contributed by atoms with Gasteiger partial charge in [0.25, 0.3) is 0 Å². The molecule has 1 heterocycles. The second-order valence-electron chi connectivity index (χ2n) is 7.42. The highest BCUT2D eigenvalue weighted by atomic mass is 79.9. The first-order valence-corrected chi connectivity index (χ1v) is 11.7. The van der Waals surface area contributed by atoms with E-state index in [0.29, 0.717) is 25.3 Å². The predicted molar refractivity (Wildman–Crippen MR) is 115 cm³/mol. The standard InChI is InChI=1S/C21H25BrN2O3S/c1-15(2)16-5-9-19(10-6-16)23-21(25)17-4-3-13-24(14-17)28(26,27)20-11-7-18(22)8-12-20/h5-12,15,17H,3-4,13-14H2,1-2H3,(H,23,25). The first-order valence-electron chi connectivity index (χ1n) is 9.44. The van der Waals surface area contributed by atoms with Crippen LogP contribution in [0.1, 0.15) is 38.2 Å². The van der Waals surface area contributed by atoms with E-state index in [1.54, 1.807) is 24.3 Å². The lowest BCUT2D eigenvalue weighted by molar-refractivity contribution is -0.120. The third kappa shape index (κ3) is 4.82. The van der Waals surface area contributed by atoms with Gasteiger partial charge < -0.3 is 5.32 Å². The van der Waals surface area contributed by atoms with Gasteiger partial charge in [-0.1, -0.05) is 41.9 Å². The number of benzene rings is 2. The number of piperidine rings is 1. The first-order chi connectivity index (χ1) is 13.3. The van der Waals surface area contributed by atoms with Gasteiger partial charge >= 0.3 is 0 Å². The van der Waals surface area contributed by atoms with Crippen LogP contribution in [0.15, 0.2) is 57.9 Å². The van der Waals surface area contributed by atoms with E-state index in [1.807, 2.05) is 24.3 Å². The molecule has 0 aliphatic carbocycles. The Balaban J connectivity index is 1.68. The van der Waals surface area contributed by atoms with Crippen LogP contribution >= 0.6 is 15.9 Å². The Labute approximate surface area is 175 Å². The fourth-order valence-electron chi connectivity index (χ4n) is 3.33. The Bertz CT molecular complexity index is 925. The zero-order valence-electron chi connectivity index (χ0n) is 16.1. The molecule has 5 nitrogen and oxygen atoms in total. The average molecular weight is 465 g/mol. The molecule has 1 fully saturated rings. The number of halogens is 1. The highest BCUT2D eigenvalue weighted by molar-refractivity contribution is 9.10. The number of nitrogens with zero attached hydrogens (tertiary/aromatic N) is 1. The van der Waals surface area contributed by atoms with Gasteiger partial charge in [0.1, 0.15) is 0 Å². The number of rotatable bonds is 5. The van der Waals surface area contributed by atoms with E-state index in [2.05, 4.69) is 35.1 Å². The van der Waals surface area contributed by atoms with Gasteiger partial charge in [0, 0.05) is 23.2 Å². The van der Waals surface area contributed by atoms with E-state index in [1.165, 1.54) is 9.87 Å². The highest BCUT2D eigenvalue weighted by Crippen LogP contribution is 2.26. The van der Waals surface area contributed by atoms with Crippen molar-refractivity contribution in [1.29, 1.82) is 0 Å². The van der Waals surface area contributed by atoms with E-state index in [4.69, 9.17) is 0 Å². The molecule has 0 spiro atoms. The van der Waals surface area contributed by atoms with Gasteiger partial charge in [-0.25, -0.2) is 8.42 Å². The van der Waals surface area contributed by atoms with Crippen LogP contribution in [-0.4, -0.2) is 31.7 Å². The van der Waals surface area contributed by atoms with Crippen molar-refractivity contribution in [3.63, 3.8) is 0 Å².